The van der Waals surface area contributed by atoms with Crippen molar-refractivity contribution < 1.29 is 17.9 Å². The zero-order valence-electron chi connectivity index (χ0n) is 15.3. The van der Waals surface area contributed by atoms with Crippen molar-refractivity contribution in [2.24, 2.45) is 0 Å². The van der Waals surface area contributed by atoms with Crippen molar-refractivity contribution in [1.82, 2.24) is 4.31 Å². The Morgan fingerprint density at radius 2 is 1.78 bits per heavy atom. The Kier molecular flexibility index (Phi) is 6.13. The molecule has 2 aromatic rings. The summed E-state index contributed by atoms with van der Waals surface area (Å²) in [5.74, 6) is 0.258. The Bertz CT molecular complexity index is 891. The molecule has 1 heterocycles. The molecular weight excluding hydrogens is 364 g/mol. The Hall–Kier alpha value is -2.38. The minimum absolute atomic E-state index is 0.147. The molecule has 0 unspecified atom stereocenters. The van der Waals surface area contributed by atoms with Gasteiger partial charge in [-0.15, -0.1) is 0 Å². The van der Waals surface area contributed by atoms with Gasteiger partial charge in [0, 0.05) is 18.8 Å². The molecule has 0 spiro atoms. The van der Waals surface area contributed by atoms with E-state index in [9.17, 15) is 13.2 Å². The van der Waals surface area contributed by atoms with Crippen molar-refractivity contribution in [1.29, 1.82) is 0 Å². The Labute approximate surface area is 160 Å². The molecule has 27 heavy (non-hydrogen) atoms. The van der Waals surface area contributed by atoms with Gasteiger partial charge in [0.25, 0.3) is 5.91 Å². The number of rotatable bonds is 6. The quantitative estimate of drug-likeness (QED) is 0.825. The van der Waals surface area contributed by atoms with Crippen LogP contribution < -0.4 is 10.1 Å². The van der Waals surface area contributed by atoms with Gasteiger partial charge in [0.05, 0.1) is 4.90 Å². The van der Waals surface area contributed by atoms with E-state index in [1.54, 1.807) is 31.2 Å². The van der Waals surface area contributed by atoms with E-state index in [2.05, 4.69) is 5.32 Å². The molecule has 0 bridgehead atoms. The van der Waals surface area contributed by atoms with Crippen molar-refractivity contribution in [3.8, 4) is 5.75 Å². The van der Waals surface area contributed by atoms with E-state index >= 15 is 0 Å². The van der Waals surface area contributed by atoms with E-state index in [4.69, 9.17) is 4.74 Å². The number of benzene rings is 2. The number of anilines is 1. The molecule has 1 amide bonds. The monoisotopic (exact) mass is 388 g/mol. The van der Waals surface area contributed by atoms with Gasteiger partial charge >= 0.3 is 0 Å². The molecule has 1 saturated heterocycles. The Morgan fingerprint density at radius 3 is 2.48 bits per heavy atom. The number of piperidine rings is 1. The maximum atomic E-state index is 12.9. The summed E-state index contributed by atoms with van der Waals surface area (Å²) in [7, 11) is -3.56. The normalized spacial score (nSPS) is 15.3. The molecule has 0 radical (unpaired) electrons. The number of nitrogens with one attached hydrogen (secondary N) is 1. The number of hydrogen-bond acceptors (Lipinski definition) is 4. The lowest BCUT2D eigenvalue weighted by Crippen LogP contribution is -2.36. The number of amides is 1. The molecule has 0 saturated carbocycles. The first-order valence-electron chi connectivity index (χ1n) is 9.05. The lowest BCUT2D eigenvalue weighted by molar-refractivity contribution is -0.118. The van der Waals surface area contributed by atoms with Crippen LogP contribution in [0.1, 0.15) is 24.8 Å². The molecule has 0 aliphatic carbocycles. The second-order valence-corrected chi connectivity index (χ2v) is 8.50. The van der Waals surface area contributed by atoms with Crippen molar-refractivity contribution in [3.05, 3.63) is 54.1 Å². The summed E-state index contributed by atoms with van der Waals surface area (Å²) in [6, 6.07) is 14.0. The maximum absolute atomic E-state index is 12.9. The fourth-order valence-corrected chi connectivity index (χ4v) is 4.83. The molecule has 2 aromatic carbocycles. The van der Waals surface area contributed by atoms with Gasteiger partial charge in [-0.2, -0.15) is 4.31 Å². The lowest BCUT2D eigenvalue weighted by atomic mass is 10.2. The minimum Gasteiger partial charge on any atom is -0.484 e. The van der Waals surface area contributed by atoms with Crippen molar-refractivity contribution in [2.75, 3.05) is 25.0 Å². The number of carbonyl (C=O) groups excluding carboxylic acids is 1. The standard InChI is InChI=1S/C20H24N2O4S/c1-16-10-11-17(21-20(23)15-26-18-8-4-2-5-9-18)14-19(16)27(24,25)22-12-6-3-7-13-22/h2,4-5,8-11,14H,3,6-7,12-13,15H2,1H3,(H,21,23). The summed E-state index contributed by atoms with van der Waals surface area (Å²) >= 11 is 0. The smallest absolute Gasteiger partial charge is 0.262 e. The van der Waals surface area contributed by atoms with E-state index < -0.39 is 10.0 Å². The van der Waals surface area contributed by atoms with Gasteiger partial charge in [-0.25, -0.2) is 8.42 Å². The molecule has 144 valence electrons. The van der Waals surface area contributed by atoms with Crippen molar-refractivity contribution in [3.63, 3.8) is 0 Å². The van der Waals surface area contributed by atoms with E-state index in [1.165, 1.54) is 10.4 Å². The fraction of sp³-hybridized carbons (Fsp3) is 0.350. The summed E-state index contributed by atoms with van der Waals surface area (Å²) in [6.07, 6.45) is 2.82. The molecule has 1 aliphatic rings. The van der Waals surface area contributed by atoms with Crippen LogP contribution >= 0.6 is 0 Å². The van der Waals surface area contributed by atoms with E-state index in [-0.39, 0.29) is 17.4 Å². The fourth-order valence-electron chi connectivity index (χ4n) is 3.06. The van der Waals surface area contributed by atoms with Crippen molar-refractivity contribution >= 4 is 21.6 Å². The van der Waals surface area contributed by atoms with Crippen LogP contribution in [-0.4, -0.2) is 38.3 Å². The van der Waals surface area contributed by atoms with Gasteiger partial charge in [0.1, 0.15) is 5.75 Å². The van der Waals surface area contributed by atoms with E-state index in [0.717, 1.165) is 19.3 Å². The Balaban J connectivity index is 1.70. The highest BCUT2D eigenvalue weighted by atomic mass is 32.2. The third-order valence-electron chi connectivity index (χ3n) is 4.52. The third kappa shape index (κ3) is 4.87. The first-order chi connectivity index (χ1) is 13.0. The first kappa shape index (κ1) is 19.4. The van der Waals surface area contributed by atoms with Gasteiger partial charge in [0.2, 0.25) is 10.0 Å². The van der Waals surface area contributed by atoms with Gasteiger partial charge in [-0.05, 0) is 49.6 Å². The number of ether oxygens (including phenoxy) is 1. The molecular formula is C20H24N2O4S. The van der Waals surface area contributed by atoms with Crippen LogP contribution in [0.2, 0.25) is 0 Å². The van der Waals surface area contributed by atoms with Gasteiger partial charge < -0.3 is 10.1 Å². The zero-order valence-corrected chi connectivity index (χ0v) is 16.2. The summed E-state index contributed by atoms with van der Waals surface area (Å²) < 4.78 is 32.8. The average molecular weight is 388 g/mol. The molecule has 1 N–H and O–H groups in total. The topological polar surface area (TPSA) is 75.7 Å². The van der Waals surface area contributed by atoms with E-state index in [1.807, 2.05) is 18.2 Å². The third-order valence-corrected chi connectivity index (χ3v) is 6.56. The minimum atomic E-state index is -3.56. The van der Waals surface area contributed by atoms with E-state index in [0.29, 0.717) is 30.1 Å². The predicted molar refractivity (Wildman–Crippen MR) is 104 cm³/mol. The predicted octanol–water partition coefficient (Wildman–Crippen LogP) is 3.19. The number of nitrogens with zero attached hydrogens (tertiary/aromatic N) is 1. The Morgan fingerprint density at radius 1 is 1.07 bits per heavy atom. The zero-order chi connectivity index (χ0) is 19.3. The van der Waals surface area contributed by atoms with Crippen LogP contribution in [0.3, 0.4) is 0 Å². The average Bonchev–Trinajstić information content (AvgIpc) is 2.69. The number of hydrogen-bond donors (Lipinski definition) is 1. The number of sulfonamides is 1. The first-order valence-corrected chi connectivity index (χ1v) is 10.5. The SMILES string of the molecule is Cc1ccc(NC(=O)COc2ccccc2)cc1S(=O)(=O)N1CCCCC1. The molecule has 7 heteroatoms. The molecule has 0 aromatic heterocycles. The maximum Gasteiger partial charge on any atom is 0.262 e. The molecule has 3 rings (SSSR count). The highest BCUT2D eigenvalue weighted by molar-refractivity contribution is 7.89. The number of para-hydroxylation sites is 1. The molecule has 1 fully saturated rings. The molecule has 1 aliphatic heterocycles. The number of aryl methyl sites for hydroxylation is 1. The lowest BCUT2D eigenvalue weighted by Gasteiger charge is -2.26. The van der Waals surface area contributed by atoms with Crippen LogP contribution in [0.25, 0.3) is 0 Å². The summed E-state index contributed by atoms with van der Waals surface area (Å²) in [6.45, 7) is 2.71. The highest BCUT2D eigenvalue weighted by Gasteiger charge is 2.27. The van der Waals surface area contributed by atoms with Crippen LogP contribution in [0.4, 0.5) is 5.69 Å². The van der Waals surface area contributed by atoms with Crippen molar-refractivity contribution in [2.45, 2.75) is 31.1 Å². The summed E-state index contributed by atoms with van der Waals surface area (Å²) in [5.41, 5.74) is 1.11. The highest BCUT2D eigenvalue weighted by Crippen LogP contribution is 2.26. The van der Waals surface area contributed by atoms with Gasteiger partial charge in [-0.1, -0.05) is 30.7 Å². The largest absolute Gasteiger partial charge is 0.484 e. The van der Waals surface area contributed by atoms with Crippen LogP contribution in [0.5, 0.6) is 5.75 Å². The summed E-state index contributed by atoms with van der Waals surface area (Å²) in [5, 5.41) is 2.71. The summed E-state index contributed by atoms with van der Waals surface area (Å²) in [4.78, 5) is 12.4. The van der Waals surface area contributed by atoms with Crippen LogP contribution in [0.15, 0.2) is 53.4 Å². The van der Waals surface area contributed by atoms with Gasteiger partial charge in [0.15, 0.2) is 6.61 Å². The van der Waals surface area contributed by atoms with Crippen LogP contribution in [0, 0.1) is 6.92 Å². The molecule has 6 nitrogen and oxygen atoms in total. The second-order valence-electron chi connectivity index (χ2n) is 6.59. The molecule has 0 atom stereocenters. The van der Waals surface area contributed by atoms with Crippen LogP contribution in [-0.2, 0) is 14.8 Å². The van der Waals surface area contributed by atoms with Gasteiger partial charge in [-0.3, -0.25) is 4.79 Å². The number of carbonyl (C=O) groups is 1. The second kappa shape index (κ2) is 8.54.